The first-order valence-corrected chi connectivity index (χ1v) is 19.6. The smallest absolute Gasteiger partial charge is 0.317 e. The van der Waals surface area contributed by atoms with Crippen molar-refractivity contribution in [3.8, 4) is 0 Å². The van der Waals surface area contributed by atoms with E-state index >= 15 is 0 Å². The van der Waals surface area contributed by atoms with E-state index in [4.69, 9.17) is 14.2 Å². The zero-order valence-electron chi connectivity index (χ0n) is 30.3. The molecule has 2 amide bonds. The third-order valence-electron chi connectivity index (χ3n) is 11.4. The van der Waals surface area contributed by atoms with Crippen molar-refractivity contribution < 1.29 is 23.8 Å². The van der Waals surface area contributed by atoms with Gasteiger partial charge in [-0.15, -0.1) is 0 Å². The number of hydrogen-bond acceptors (Lipinski definition) is 6. The Morgan fingerprint density at radius 3 is 2.35 bits per heavy atom. The van der Waals surface area contributed by atoms with Crippen molar-refractivity contribution in [2.45, 2.75) is 160 Å². The lowest BCUT2D eigenvalue weighted by atomic mass is 9.90. The Bertz CT molecular complexity index is 1090. The summed E-state index contributed by atoms with van der Waals surface area (Å²) in [6.45, 7) is 11.4. The van der Waals surface area contributed by atoms with Crippen LogP contribution in [0.5, 0.6) is 0 Å². The summed E-state index contributed by atoms with van der Waals surface area (Å²) in [5.41, 5.74) is 1.37. The number of piperidine rings is 2. The lowest BCUT2D eigenvalue weighted by Gasteiger charge is -2.40. The average molecular weight is 668 g/mol. The van der Waals surface area contributed by atoms with Gasteiger partial charge >= 0.3 is 12.0 Å². The summed E-state index contributed by atoms with van der Waals surface area (Å²) < 4.78 is 19.2. The maximum Gasteiger partial charge on any atom is 0.317 e. The Morgan fingerprint density at radius 2 is 1.58 bits per heavy atom. The highest BCUT2D eigenvalue weighted by Gasteiger charge is 2.33. The topological polar surface area (TPSA) is 80.3 Å². The number of urea groups is 1. The molecule has 7 unspecified atom stereocenters. The average Bonchev–Trinajstić information content (AvgIpc) is 3.09. The van der Waals surface area contributed by atoms with Gasteiger partial charge < -0.3 is 29.3 Å². The number of carbonyl (C=O) groups is 2. The fourth-order valence-electron chi connectivity index (χ4n) is 8.47. The molecule has 5 heterocycles. The van der Waals surface area contributed by atoms with Crippen molar-refractivity contribution in [1.82, 2.24) is 15.1 Å². The molecular formula is C40H65N3O5. The summed E-state index contributed by atoms with van der Waals surface area (Å²) in [6, 6.07) is 0.735. The number of hydrogen-bond donors (Lipinski definition) is 1. The van der Waals surface area contributed by atoms with Gasteiger partial charge in [0.25, 0.3) is 0 Å². The molecule has 48 heavy (non-hydrogen) atoms. The van der Waals surface area contributed by atoms with Crippen molar-refractivity contribution in [2.75, 3.05) is 32.7 Å². The quantitative estimate of drug-likeness (QED) is 0.170. The molecule has 8 nitrogen and oxygen atoms in total. The zero-order valence-corrected chi connectivity index (χ0v) is 30.3. The van der Waals surface area contributed by atoms with E-state index in [0.717, 1.165) is 83.7 Å². The first-order valence-electron chi connectivity index (χ1n) is 19.6. The first kappa shape index (κ1) is 37.1. The molecule has 5 rings (SSSR count). The molecule has 7 atom stereocenters. The Balaban J connectivity index is 1.08. The van der Waals surface area contributed by atoms with Crippen molar-refractivity contribution in [2.24, 2.45) is 11.8 Å². The van der Waals surface area contributed by atoms with Crippen LogP contribution in [0.1, 0.15) is 124 Å². The number of allylic oxidation sites excluding steroid dienone is 3. The largest absolute Gasteiger partial charge is 0.457 e. The van der Waals surface area contributed by atoms with Crippen molar-refractivity contribution in [1.29, 1.82) is 0 Å². The monoisotopic (exact) mass is 667 g/mol. The number of fused-ring (bicyclic) bond motifs is 4. The van der Waals surface area contributed by atoms with E-state index in [1.54, 1.807) is 0 Å². The summed E-state index contributed by atoms with van der Waals surface area (Å²) in [4.78, 5) is 30.7. The van der Waals surface area contributed by atoms with Gasteiger partial charge in [0.2, 0.25) is 0 Å². The second-order valence-corrected chi connectivity index (χ2v) is 15.4. The van der Waals surface area contributed by atoms with Crippen molar-refractivity contribution >= 4 is 12.0 Å². The summed E-state index contributed by atoms with van der Waals surface area (Å²) >= 11 is 0. The van der Waals surface area contributed by atoms with Gasteiger partial charge in [-0.05, 0) is 115 Å². The summed E-state index contributed by atoms with van der Waals surface area (Å²) in [7, 11) is 0. The Hall–Kier alpha value is -2.16. The number of ether oxygens (including phenoxy) is 3. The number of likely N-dealkylation sites (tertiary alicyclic amines) is 2. The predicted molar refractivity (Wildman–Crippen MR) is 192 cm³/mol. The molecule has 4 saturated heterocycles. The van der Waals surface area contributed by atoms with Gasteiger partial charge in [-0.25, -0.2) is 4.79 Å². The highest BCUT2D eigenvalue weighted by Crippen LogP contribution is 2.33. The molecule has 0 aromatic heterocycles. The fraction of sp³-hybridized carbons (Fsp3) is 0.800. The number of unbranched alkanes of at least 4 members (excludes halogenated alkanes) is 2. The van der Waals surface area contributed by atoms with E-state index in [1.165, 1.54) is 44.3 Å². The SMILES string of the molecule is C/C=C1\CC2CC(=O)OC(/C=C/CCCCNC(=O)N3CCC(N4CCCCC4)CC3)C(C)/C=C/C(C)CC3CCCC(CC(C1)O2)O3. The third kappa shape index (κ3) is 11.7. The van der Waals surface area contributed by atoms with Gasteiger partial charge in [0, 0.05) is 38.0 Å². The van der Waals surface area contributed by atoms with Crippen LogP contribution in [-0.4, -0.2) is 91.1 Å². The first-order chi connectivity index (χ1) is 23.4. The van der Waals surface area contributed by atoms with Crippen LogP contribution in [0.3, 0.4) is 0 Å². The summed E-state index contributed by atoms with van der Waals surface area (Å²) in [5, 5.41) is 3.15. The van der Waals surface area contributed by atoms with Gasteiger partial charge in [0.1, 0.15) is 6.10 Å². The van der Waals surface area contributed by atoms with E-state index in [0.29, 0.717) is 24.6 Å². The fourth-order valence-corrected chi connectivity index (χ4v) is 8.47. The van der Waals surface area contributed by atoms with Crippen LogP contribution in [-0.2, 0) is 19.0 Å². The Labute approximate surface area is 291 Å². The molecule has 4 bridgehead atoms. The second kappa shape index (κ2) is 19.3. The van der Waals surface area contributed by atoms with Crippen molar-refractivity contribution in [3.63, 3.8) is 0 Å². The van der Waals surface area contributed by atoms with Crippen LogP contribution in [0.4, 0.5) is 4.79 Å². The molecule has 0 aromatic carbocycles. The minimum absolute atomic E-state index is 0.0602. The zero-order chi connectivity index (χ0) is 33.7. The number of nitrogens with one attached hydrogen (secondary N) is 1. The van der Waals surface area contributed by atoms with Gasteiger partial charge in [-0.1, -0.05) is 50.1 Å². The van der Waals surface area contributed by atoms with Gasteiger partial charge in [0.15, 0.2) is 0 Å². The molecule has 0 spiro atoms. The molecule has 0 radical (unpaired) electrons. The second-order valence-electron chi connectivity index (χ2n) is 15.4. The molecule has 5 aliphatic rings. The molecule has 4 fully saturated rings. The van der Waals surface area contributed by atoms with Crippen LogP contribution >= 0.6 is 0 Å². The molecule has 8 heteroatoms. The Kier molecular flexibility index (Phi) is 14.9. The van der Waals surface area contributed by atoms with E-state index in [2.05, 4.69) is 61.4 Å². The maximum atomic E-state index is 13.3. The predicted octanol–water partition coefficient (Wildman–Crippen LogP) is 7.73. The van der Waals surface area contributed by atoms with Crippen LogP contribution in [0.25, 0.3) is 0 Å². The lowest BCUT2D eigenvalue weighted by Crippen LogP contribution is -2.50. The summed E-state index contributed by atoms with van der Waals surface area (Å²) in [5.74, 6) is 0.262. The number of rotatable bonds is 7. The van der Waals surface area contributed by atoms with Crippen LogP contribution in [0.15, 0.2) is 36.0 Å². The van der Waals surface area contributed by atoms with Gasteiger partial charge in [-0.2, -0.15) is 0 Å². The summed E-state index contributed by atoms with van der Waals surface area (Å²) in [6.07, 6.45) is 27.4. The number of cyclic esters (lactones) is 1. The van der Waals surface area contributed by atoms with Crippen LogP contribution in [0.2, 0.25) is 0 Å². The van der Waals surface area contributed by atoms with E-state index in [1.807, 2.05) is 4.90 Å². The van der Waals surface area contributed by atoms with Gasteiger partial charge in [-0.3, -0.25) is 4.79 Å². The molecule has 0 aliphatic carbocycles. The highest BCUT2D eigenvalue weighted by atomic mass is 16.5. The maximum absolute atomic E-state index is 13.3. The third-order valence-corrected chi connectivity index (χ3v) is 11.4. The standard InChI is InChI=1S/C40H65N3O5/c1-4-32-26-36-28-35-14-12-13-34(46-35)25-30(2)16-17-31(3)38(48-39(44)29-37(27-32)47-36)15-8-5-6-9-20-41-40(45)43-23-18-33(19-24-43)42-21-10-7-11-22-42/h4,8,15-17,30-31,33-38H,5-7,9-14,18-29H2,1-3H3,(H,41,45)/b15-8+,17-16+,32-4-. The minimum Gasteiger partial charge on any atom is -0.457 e. The number of amides is 2. The number of esters is 1. The number of carbonyl (C=O) groups excluding carboxylic acids is 2. The molecule has 0 saturated carbocycles. The lowest BCUT2D eigenvalue weighted by molar-refractivity contribution is -0.154. The Morgan fingerprint density at radius 1 is 0.854 bits per heavy atom. The van der Waals surface area contributed by atoms with Crippen molar-refractivity contribution in [3.05, 3.63) is 36.0 Å². The molecule has 1 N–H and O–H groups in total. The van der Waals surface area contributed by atoms with Crippen LogP contribution < -0.4 is 5.32 Å². The van der Waals surface area contributed by atoms with E-state index < -0.39 is 0 Å². The molecule has 270 valence electrons. The molecule has 5 aliphatic heterocycles. The molecular weight excluding hydrogens is 602 g/mol. The van der Waals surface area contributed by atoms with E-state index in [9.17, 15) is 9.59 Å². The van der Waals surface area contributed by atoms with Crippen LogP contribution in [0, 0.1) is 11.8 Å². The molecule has 0 aromatic rings. The highest BCUT2D eigenvalue weighted by molar-refractivity contribution is 5.74. The van der Waals surface area contributed by atoms with E-state index in [-0.39, 0.29) is 48.8 Å². The minimum atomic E-state index is -0.322. The number of nitrogens with zero attached hydrogens (tertiary/aromatic N) is 2. The van der Waals surface area contributed by atoms with Gasteiger partial charge in [0.05, 0.1) is 30.8 Å². The normalized spacial score (nSPS) is 35.0.